The molecule has 0 radical (unpaired) electrons. The molecule has 0 spiro atoms. The van der Waals surface area contributed by atoms with Crippen LogP contribution in [0.25, 0.3) is 21.7 Å². The Morgan fingerprint density at radius 2 is 1.93 bits per heavy atom. The van der Waals surface area contributed by atoms with E-state index in [9.17, 15) is 22.8 Å². The van der Waals surface area contributed by atoms with E-state index in [4.69, 9.17) is 0 Å². The molecule has 30 heavy (non-hydrogen) atoms. The number of benzene rings is 2. The molecule has 0 unspecified atom stereocenters. The van der Waals surface area contributed by atoms with Crippen molar-refractivity contribution in [3.05, 3.63) is 81.3 Å². The molecule has 152 valence electrons. The van der Waals surface area contributed by atoms with Gasteiger partial charge in [-0.25, -0.2) is 17.9 Å². The molecule has 0 aliphatic carbocycles. The highest BCUT2D eigenvalue weighted by Crippen LogP contribution is 2.22. The number of H-pyrrole nitrogens is 1. The minimum atomic E-state index is -4.18. The van der Waals surface area contributed by atoms with Crippen LogP contribution in [-0.4, -0.2) is 28.9 Å². The number of nitrogens with one attached hydrogen (secondary N) is 2. The number of aromatic amines is 1. The largest absolute Gasteiger partial charge is 0.328 e. The molecule has 4 aromatic rings. The molecule has 9 nitrogen and oxygen atoms in total. The number of hydrogen-bond acceptors (Lipinski definition) is 6. The lowest BCUT2D eigenvalue weighted by Gasteiger charge is -2.10. The lowest BCUT2D eigenvalue weighted by molar-refractivity contribution is 0.0981. The van der Waals surface area contributed by atoms with Gasteiger partial charge in [-0.1, -0.05) is 12.1 Å². The summed E-state index contributed by atoms with van der Waals surface area (Å²) < 4.78 is 28.7. The van der Waals surface area contributed by atoms with Gasteiger partial charge in [0, 0.05) is 35.3 Å². The van der Waals surface area contributed by atoms with Crippen molar-refractivity contribution in [1.82, 2.24) is 19.3 Å². The van der Waals surface area contributed by atoms with Crippen molar-refractivity contribution in [2.45, 2.75) is 18.4 Å². The number of hydrogen-bond donors (Lipinski definition) is 2. The molecule has 0 saturated carbocycles. The van der Waals surface area contributed by atoms with Crippen LogP contribution in [0.15, 0.2) is 69.3 Å². The van der Waals surface area contributed by atoms with Crippen LogP contribution in [0.1, 0.15) is 17.3 Å². The summed E-state index contributed by atoms with van der Waals surface area (Å²) in [6.45, 7) is 1.86. The molecular formula is C20H16N4O5S. The standard InChI is InChI=1S/C20H16N4O5S/c1-2-24-19(26)15-7-6-12(10-16(15)22-20(24)27)18(25)23-30(28,29)17-5-3-4-13-11-21-9-8-14(13)17/h3-11H,2H2,1H3,(H,22,27)(H,23,25). The zero-order chi connectivity index (χ0) is 21.5. The maximum Gasteiger partial charge on any atom is 0.328 e. The zero-order valence-electron chi connectivity index (χ0n) is 15.7. The van der Waals surface area contributed by atoms with Crippen molar-refractivity contribution in [3.63, 3.8) is 0 Å². The lowest BCUT2D eigenvalue weighted by Crippen LogP contribution is -2.34. The number of fused-ring (bicyclic) bond motifs is 2. The van der Waals surface area contributed by atoms with E-state index < -0.39 is 27.2 Å². The highest BCUT2D eigenvalue weighted by Gasteiger charge is 2.21. The topological polar surface area (TPSA) is 131 Å². The van der Waals surface area contributed by atoms with Crippen LogP contribution in [0.2, 0.25) is 0 Å². The second-order valence-electron chi connectivity index (χ2n) is 6.53. The van der Waals surface area contributed by atoms with Gasteiger partial charge in [-0.05, 0) is 37.3 Å². The fourth-order valence-corrected chi connectivity index (χ4v) is 4.45. The second-order valence-corrected chi connectivity index (χ2v) is 8.18. The van der Waals surface area contributed by atoms with E-state index in [1.807, 2.05) is 4.72 Å². The third kappa shape index (κ3) is 3.26. The molecular weight excluding hydrogens is 408 g/mol. The third-order valence-corrected chi connectivity index (χ3v) is 6.11. The van der Waals surface area contributed by atoms with Crippen LogP contribution in [0.5, 0.6) is 0 Å². The Morgan fingerprint density at radius 3 is 2.70 bits per heavy atom. The molecule has 2 aromatic heterocycles. The van der Waals surface area contributed by atoms with Gasteiger partial charge in [-0.3, -0.25) is 19.1 Å². The number of carbonyl (C=O) groups excluding carboxylic acids is 1. The van der Waals surface area contributed by atoms with Gasteiger partial charge in [-0.2, -0.15) is 0 Å². The average molecular weight is 424 g/mol. The number of carbonyl (C=O) groups is 1. The molecule has 10 heteroatoms. The molecule has 0 aliphatic heterocycles. The van der Waals surface area contributed by atoms with Gasteiger partial charge < -0.3 is 4.98 Å². The fraction of sp³-hybridized carbons (Fsp3) is 0.100. The average Bonchev–Trinajstić information content (AvgIpc) is 2.73. The predicted octanol–water partition coefficient (Wildman–Crippen LogP) is 1.38. The Bertz CT molecular complexity index is 1530. The maximum atomic E-state index is 12.8. The SMILES string of the molecule is CCn1c(=O)[nH]c2cc(C(=O)NS(=O)(=O)c3cccc4cnccc34)ccc2c1=O. The summed E-state index contributed by atoms with van der Waals surface area (Å²) in [7, 11) is -4.18. The summed E-state index contributed by atoms with van der Waals surface area (Å²) in [5.74, 6) is -0.886. The molecule has 2 aromatic carbocycles. The summed E-state index contributed by atoms with van der Waals surface area (Å²) in [5.41, 5.74) is -0.960. The van der Waals surface area contributed by atoms with Crippen LogP contribution in [0.3, 0.4) is 0 Å². The van der Waals surface area contributed by atoms with Crippen LogP contribution >= 0.6 is 0 Å². The highest BCUT2D eigenvalue weighted by molar-refractivity contribution is 7.90. The monoisotopic (exact) mass is 424 g/mol. The smallest absolute Gasteiger partial charge is 0.307 e. The maximum absolute atomic E-state index is 12.8. The van der Waals surface area contributed by atoms with E-state index in [0.29, 0.717) is 10.8 Å². The minimum Gasteiger partial charge on any atom is -0.307 e. The fourth-order valence-electron chi connectivity index (χ4n) is 3.25. The van der Waals surface area contributed by atoms with Crippen molar-refractivity contribution < 1.29 is 13.2 Å². The number of aromatic nitrogens is 3. The van der Waals surface area contributed by atoms with E-state index in [-0.39, 0.29) is 27.9 Å². The Balaban J connectivity index is 1.73. The van der Waals surface area contributed by atoms with Crippen LogP contribution in [-0.2, 0) is 16.6 Å². The summed E-state index contributed by atoms with van der Waals surface area (Å²) in [6.07, 6.45) is 2.99. The Kier molecular flexibility index (Phi) is 4.70. The summed E-state index contributed by atoms with van der Waals surface area (Å²) in [4.78, 5) is 43.4. The minimum absolute atomic E-state index is 0.0164. The van der Waals surface area contributed by atoms with Gasteiger partial charge >= 0.3 is 5.69 Å². The normalized spacial score (nSPS) is 11.6. The molecule has 0 saturated heterocycles. The third-order valence-electron chi connectivity index (χ3n) is 4.72. The second kappa shape index (κ2) is 7.23. The first-order valence-corrected chi connectivity index (χ1v) is 10.5. The quantitative estimate of drug-likeness (QED) is 0.509. The van der Waals surface area contributed by atoms with Crippen LogP contribution < -0.4 is 16.0 Å². The van der Waals surface area contributed by atoms with E-state index in [1.165, 1.54) is 36.7 Å². The molecule has 2 heterocycles. The number of amides is 1. The van der Waals surface area contributed by atoms with Gasteiger partial charge in [0.05, 0.1) is 15.8 Å². The summed E-state index contributed by atoms with van der Waals surface area (Å²) in [6, 6.07) is 10.2. The summed E-state index contributed by atoms with van der Waals surface area (Å²) in [5, 5.41) is 1.26. The number of sulfonamides is 1. The zero-order valence-corrected chi connectivity index (χ0v) is 16.6. The van der Waals surface area contributed by atoms with E-state index in [2.05, 4.69) is 9.97 Å². The number of pyridine rings is 1. The van der Waals surface area contributed by atoms with Gasteiger partial charge in [0.1, 0.15) is 0 Å². The van der Waals surface area contributed by atoms with E-state index >= 15 is 0 Å². The van der Waals surface area contributed by atoms with Crippen molar-refractivity contribution in [2.75, 3.05) is 0 Å². The molecule has 0 aliphatic rings. The summed E-state index contributed by atoms with van der Waals surface area (Å²) >= 11 is 0. The first-order chi connectivity index (χ1) is 14.3. The number of nitrogens with zero attached hydrogens (tertiary/aromatic N) is 2. The van der Waals surface area contributed by atoms with Crippen LogP contribution in [0, 0.1) is 0 Å². The van der Waals surface area contributed by atoms with Gasteiger partial charge in [-0.15, -0.1) is 0 Å². The van der Waals surface area contributed by atoms with Gasteiger partial charge in [0.2, 0.25) is 0 Å². The molecule has 1 amide bonds. The first-order valence-electron chi connectivity index (χ1n) is 8.98. The van der Waals surface area contributed by atoms with E-state index in [0.717, 1.165) is 4.57 Å². The molecule has 2 N–H and O–H groups in total. The lowest BCUT2D eigenvalue weighted by atomic mass is 10.1. The van der Waals surface area contributed by atoms with E-state index in [1.54, 1.807) is 25.1 Å². The van der Waals surface area contributed by atoms with Crippen LogP contribution in [0.4, 0.5) is 0 Å². The first kappa shape index (κ1) is 19.5. The number of rotatable bonds is 4. The molecule has 0 bridgehead atoms. The highest BCUT2D eigenvalue weighted by atomic mass is 32.2. The van der Waals surface area contributed by atoms with Crippen molar-refractivity contribution >= 4 is 37.6 Å². The Morgan fingerprint density at radius 1 is 1.13 bits per heavy atom. The molecule has 0 atom stereocenters. The Hall–Kier alpha value is -3.79. The molecule has 0 fully saturated rings. The van der Waals surface area contributed by atoms with Crippen molar-refractivity contribution in [3.8, 4) is 0 Å². The van der Waals surface area contributed by atoms with Gasteiger partial charge in [0.25, 0.3) is 21.5 Å². The predicted molar refractivity (Wildman–Crippen MR) is 111 cm³/mol. The van der Waals surface area contributed by atoms with Crippen molar-refractivity contribution in [1.29, 1.82) is 0 Å². The Labute approximate surface area is 170 Å². The molecule has 4 rings (SSSR count). The van der Waals surface area contributed by atoms with Gasteiger partial charge in [0.15, 0.2) is 0 Å². The van der Waals surface area contributed by atoms with Crippen molar-refractivity contribution in [2.24, 2.45) is 0 Å².